The molecule has 0 bridgehead atoms. The minimum absolute atomic E-state index is 0.108. The number of piperidine rings is 1. The summed E-state index contributed by atoms with van der Waals surface area (Å²) in [4.78, 5) is 14.4. The van der Waals surface area contributed by atoms with E-state index in [4.69, 9.17) is 10.5 Å². The zero-order valence-corrected chi connectivity index (χ0v) is 11.5. The van der Waals surface area contributed by atoms with Gasteiger partial charge in [-0.1, -0.05) is 12.1 Å². The SMILES string of the molecule is COCC1CCCN(C(=O)c2cccc(CN)c2)C1. The summed E-state index contributed by atoms with van der Waals surface area (Å²) in [7, 11) is 1.71. The molecule has 2 N–H and O–H groups in total. The Bertz CT molecular complexity index is 432. The van der Waals surface area contributed by atoms with Crippen LogP contribution in [0.15, 0.2) is 24.3 Å². The minimum Gasteiger partial charge on any atom is -0.384 e. The van der Waals surface area contributed by atoms with Gasteiger partial charge in [0, 0.05) is 32.3 Å². The molecule has 1 amide bonds. The molecule has 1 unspecified atom stereocenters. The summed E-state index contributed by atoms with van der Waals surface area (Å²) >= 11 is 0. The van der Waals surface area contributed by atoms with Crippen molar-refractivity contribution >= 4 is 5.91 Å². The number of ether oxygens (including phenoxy) is 1. The number of nitrogens with two attached hydrogens (primary N) is 1. The largest absolute Gasteiger partial charge is 0.384 e. The van der Waals surface area contributed by atoms with Crippen molar-refractivity contribution in [3.63, 3.8) is 0 Å². The maximum absolute atomic E-state index is 12.5. The van der Waals surface area contributed by atoms with E-state index in [1.807, 2.05) is 29.2 Å². The lowest BCUT2D eigenvalue weighted by Gasteiger charge is -2.32. The van der Waals surface area contributed by atoms with E-state index in [1.165, 1.54) is 0 Å². The molecule has 19 heavy (non-hydrogen) atoms. The number of rotatable bonds is 4. The first-order chi connectivity index (χ1) is 9.24. The lowest BCUT2D eigenvalue weighted by Crippen LogP contribution is -2.41. The summed E-state index contributed by atoms with van der Waals surface area (Å²) in [6, 6.07) is 7.59. The first-order valence-electron chi connectivity index (χ1n) is 6.82. The van der Waals surface area contributed by atoms with Crippen LogP contribution < -0.4 is 5.73 Å². The molecule has 0 aliphatic carbocycles. The second kappa shape index (κ2) is 6.68. The lowest BCUT2D eigenvalue weighted by molar-refractivity contribution is 0.0571. The molecule has 0 spiro atoms. The fourth-order valence-corrected chi connectivity index (χ4v) is 2.64. The van der Waals surface area contributed by atoms with E-state index in [-0.39, 0.29) is 5.91 Å². The molecule has 1 aromatic rings. The molecule has 0 aromatic heterocycles. The monoisotopic (exact) mass is 262 g/mol. The molecule has 1 aliphatic rings. The average molecular weight is 262 g/mol. The van der Waals surface area contributed by atoms with Gasteiger partial charge in [-0.25, -0.2) is 0 Å². The molecular formula is C15H22N2O2. The minimum atomic E-state index is 0.108. The molecular weight excluding hydrogens is 240 g/mol. The predicted molar refractivity (Wildman–Crippen MR) is 74.8 cm³/mol. The first-order valence-corrected chi connectivity index (χ1v) is 6.82. The molecule has 2 rings (SSSR count). The third kappa shape index (κ3) is 3.55. The van der Waals surface area contributed by atoms with E-state index in [2.05, 4.69) is 0 Å². The zero-order chi connectivity index (χ0) is 13.7. The first kappa shape index (κ1) is 14.0. The lowest BCUT2D eigenvalue weighted by atomic mass is 9.98. The number of hydrogen-bond acceptors (Lipinski definition) is 3. The normalized spacial score (nSPS) is 19.5. The van der Waals surface area contributed by atoms with Crippen LogP contribution in [0.4, 0.5) is 0 Å². The molecule has 4 heteroatoms. The van der Waals surface area contributed by atoms with E-state index in [0.29, 0.717) is 12.5 Å². The predicted octanol–water partition coefficient (Wildman–Crippen LogP) is 1.64. The standard InChI is InChI=1S/C15H22N2O2/c1-19-11-13-5-3-7-17(10-13)15(18)14-6-2-4-12(8-14)9-16/h2,4,6,8,13H,3,5,7,9-11,16H2,1H3. The molecule has 4 nitrogen and oxygen atoms in total. The quantitative estimate of drug-likeness (QED) is 0.897. The fraction of sp³-hybridized carbons (Fsp3) is 0.533. The van der Waals surface area contributed by atoms with Crippen molar-refractivity contribution in [2.75, 3.05) is 26.8 Å². The van der Waals surface area contributed by atoms with Gasteiger partial charge in [0.1, 0.15) is 0 Å². The summed E-state index contributed by atoms with van der Waals surface area (Å²) in [5.41, 5.74) is 7.35. The van der Waals surface area contributed by atoms with Crippen molar-refractivity contribution in [3.05, 3.63) is 35.4 Å². The van der Waals surface area contributed by atoms with Gasteiger partial charge in [0.15, 0.2) is 0 Å². The van der Waals surface area contributed by atoms with E-state index in [0.717, 1.165) is 43.7 Å². The van der Waals surface area contributed by atoms with Crippen LogP contribution in [0, 0.1) is 5.92 Å². The van der Waals surface area contributed by atoms with Crippen LogP contribution in [0.1, 0.15) is 28.8 Å². The van der Waals surface area contributed by atoms with Crippen molar-refractivity contribution < 1.29 is 9.53 Å². The Kier molecular flexibility index (Phi) is 4.93. The third-order valence-corrected chi connectivity index (χ3v) is 3.62. The van der Waals surface area contributed by atoms with Gasteiger partial charge < -0.3 is 15.4 Å². The number of nitrogens with zero attached hydrogens (tertiary/aromatic N) is 1. The van der Waals surface area contributed by atoms with Gasteiger partial charge in [0.25, 0.3) is 5.91 Å². The van der Waals surface area contributed by atoms with Gasteiger partial charge in [-0.15, -0.1) is 0 Å². The Balaban J connectivity index is 2.05. The summed E-state index contributed by atoms with van der Waals surface area (Å²) in [6.07, 6.45) is 2.19. The fourth-order valence-electron chi connectivity index (χ4n) is 2.64. The zero-order valence-electron chi connectivity index (χ0n) is 11.5. The van der Waals surface area contributed by atoms with Crippen LogP contribution in [0.5, 0.6) is 0 Å². The Hall–Kier alpha value is -1.39. The van der Waals surface area contributed by atoms with E-state index in [1.54, 1.807) is 7.11 Å². The second-order valence-corrected chi connectivity index (χ2v) is 5.12. The molecule has 0 radical (unpaired) electrons. The highest BCUT2D eigenvalue weighted by molar-refractivity contribution is 5.94. The molecule has 104 valence electrons. The second-order valence-electron chi connectivity index (χ2n) is 5.12. The van der Waals surface area contributed by atoms with Gasteiger partial charge in [-0.2, -0.15) is 0 Å². The highest BCUT2D eigenvalue weighted by Gasteiger charge is 2.24. The Labute approximate surface area is 114 Å². The van der Waals surface area contributed by atoms with Gasteiger partial charge >= 0.3 is 0 Å². The topological polar surface area (TPSA) is 55.6 Å². The van der Waals surface area contributed by atoms with E-state index >= 15 is 0 Å². The molecule has 1 fully saturated rings. The van der Waals surface area contributed by atoms with Crippen LogP contribution in [0.2, 0.25) is 0 Å². The van der Waals surface area contributed by atoms with Crippen LogP contribution in [0.3, 0.4) is 0 Å². The van der Waals surface area contributed by atoms with Crippen molar-refractivity contribution in [2.24, 2.45) is 11.7 Å². The Morgan fingerprint density at radius 2 is 2.37 bits per heavy atom. The van der Waals surface area contributed by atoms with Gasteiger partial charge in [-0.3, -0.25) is 4.79 Å². The molecule has 0 saturated carbocycles. The number of methoxy groups -OCH3 is 1. The molecule has 1 heterocycles. The molecule has 1 aliphatic heterocycles. The number of likely N-dealkylation sites (tertiary alicyclic amines) is 1. The van der Waals surface area contributed by atoms with Crippen molar-refractivity contribution in [1.29, 1.82) is 0 Å². The summed E-state index contributed by atoms with van der Waals surface area (Å²) < 4.78 is 5.20. The average Bonchev–Trinajstić information content (AvgIpc) is 2.47. The number of benzene rings is 1. The van der Waals surface area contributed by atoms with Crippen LogP contribution >= 0.6 is 0 Å². The molecule has 1 aromatic carbocycles. The van der Waals surface area contributed by atoms with Crippen LogP contribution in [-0.4, -0.2) is 37.6 Å². The van der Waals surface area contributed by atoms with E-state index < -0.39 is 0 Å². The van der Waals surface area contributed by atoms with E-state index in [9.17, 15) is 4.79 Å². The number of carbonyl (C=O) groups excluding carboxylic acids is 1. The number of hydrogen-bond donors (Lipinski definition) is 1. The van der Waals surface area contributed by atoms with Gasteiger partial charge in [0.05, 0.1) is 6.61 Å². The van der Waals surface area contributed by atoms with Gasteiger partial charge in [-0.05, 0) is 36.5 Å². The number of amides is 1. The van der Waals surface area contributed by atoms with Crippen LogP contribution in [0.25, 0.3) is 0 Å². The Morgan fingerprint density at radius 3 is 3.11 bits per heavy atom. The summed E-state index contributed by atoms with van der Waals surface area (Å²) in [5.74, 6) is 0.566. The maximum atomic E-state index is 12.5. The Morgan fingerprint density at radius 1 is 1.53 bits per heavy atom. The maximum Gasteiger partial charge on any atom is 0.253 e. The van der Waals surface area contributed by atoms with Crippen molar-refractivity contribution in [3.8, 4) is 0 Å². The van der Waals surface area contributed by atoms with Gasteiger partial charge in [0.2, 0.25) is 0 Å². The van der Waals surface area contributed by atoms with Crippen LogP contribution in [-0.2, 0) is 11.3 Å². The highest BCUT2D eigenvalue weighted by Crippen LogP contribution is 2.19. The summed E-state index contributed by atoms with van der Waals surface area (Å²) in [6.45, 7) is 2.82. The smallest absolute Gasteiger partial charge is 0.253 e. The van der Waals surface area contributed by atoms with Crippen molar-refractivity contribution in [1.82, 2.24) is 4.90 Å². The molecule has 1 saturated heterocycles. The third-order valence-electron chi connectivity index (χ3n) is 3.62. The molecule has 1 atom stereocenters. The number of carbonyl (C=O) groups is 1. The summed E-state index contributed by atoms with van der Waals surface area (Å²) in [5, 5.41) is 0. The van der Waals surface area contributed by atoms with Crippen molar-refractivity contribution in [2.45, 2.75) is 19.4 Å². The highest BCUT2D eigenvalue weighted by atomic mass is 16.5.